The molecule has 1 unspecified atom stereocenters. The van der Waals surface area contributed by atoms with Gasteiger partial charge in [-0.2, -0.15) is 4.98 Å². The number of nitrogens with one attached hydrogen (secondary N) is 3. The fourth-order valence-corrected chi connectivity index (χ4v) is 3.84. The molecule has 0 bridgehead atoms. The summed E-state index contributed by atoms with van der Waals surface area (Å²) in [6, 6.07) is 10.6. The molecule has 3 aromatic rings. The highest BCUT2D eigenvalue weighted by Crippen LogP contribution is 2.35. The topological polar surface area (TPSA) is 130 Å². The molecule has 11 heteroatoms. The first-order valence-electron chi connectivity index (χ1n) is 10.6. The normalized spacial score (nSPS) is 16.4. The minimum atomic E-state index is -0.723. The number of fused-ring (bicyclic) bond motifs is 1. The van der Waals surface area contributed by atoms with Crippen molar-refractivity contribution < 1.29 is 13.6 Å². The molecule has 9 nitrogen and oxygen atoms in total. The Labute approximate surface area is 205 Å². The van der Waals surface area contributed by atoms with Crippen molar-refractivity contribution in [1.29, 1.82) is 0 Å². The van der Waals surface area contributed by atoms with Crippen LogP contribution in [-0.4, -0.2) is 36.7 Å². The Morgan fingerprint density at radius 2 is 2.14 bits per heavy atom. The summed E-state index contributed by atoms with van der Waals surface area (Å²) in [6.07, 6.45) is 2.95. The van der Waals surface area contributed by atoms with Crippen LogP contribution < -0.4 is 21.7 Å². The summed E-state index contributed by atoms with van der Waals surface area (Å²) < 4.78 is 19.1. The minimum absolute atomic E-state index is 0.118. The van der Waals surface area contributed by atoms with Crippen LogP contribution in [0, 0.1) is 5.82 Å². The number of nitrogens with zero attached hydrogens (tertiary/aromatic N) is 3. The lowest BCUT2D eigenvalue weighted by molar-refractivity contribution is -0.117. The van der Waals surface area contributed by atoms with Gasteiger partial charge in [-0.15, -0.1) is 0 Å². The number of hydrogen-bond acceptors (Lipinski definition) is 8. The lowest BCUT2D eigenvalue weighted by atomic mass is 9.95. The number of aliphatic imine (C=N–C) groups is 2. The van der Waals surface area contributed by atoms with Crippen LogP contribution in [-0.2, 0) is 4.79 Å². The van der Waals surface area contributed by atoms with Gasteiger partial charge in [0.15, 0.2) is 5.58 Å². The predicted octanol–water partition coefficient (Wildman–Crippen LogP) is 3.67. The van der Waals surface area contributed by atoms with E-state index in [9.17, 15) is 9.18 Å². The van der Waals surface area contributed by atoms with Crippen LogP contribution in [0.5, 0.6) is 0 Å². The van der Waals surface area contributed by atoms with Gasteiger partial charge in [-0.1, -0.05) is 29.8 Å². The van der Waals surface area contributed by atoms with Gasteiger partial charge in [0, 0.05) is 53.9 Å². The molecule has 1 amide bonds. The summed E-state index contributed by atoms with van der Waals surface area (Å²) in [6.45, 7) is 1.94. The van der Waals surface area contributed by atoms with Crippen LogP contribution in [0.2, 0.25) is 5.02 Å². The molecule has 180 valence electrons. The Bertz CT molecular complexity index is 1390. The molecule has 35 heavy (non-hydrogen) atoms. The first kappa shape index (κ1) is 24.0. The smallest absolute Gasteiger partial charge is 0.302 e. The van der Waals surface area contributed by atoms with Gasteiger partial charge >= 0.3 is 6.01 Å². The molecule has 2 aromatic carbocycles. The second-order valence-electron chi connectivity index (χ2n) is 7.63. The molecule has 0 fully saturated rings. The molecule has 4 rings (SSSR count). The van der Waals surface area contributed by atoms with Gasteiger partial charge in [0.1, 0.15) is 17.4 Å². The third-order valence-corrected chi connectivity index (χ3v) is 5.57. The van der Waals surface area contributed by atoms with E-state index in [1.165, 1.54) is 24.4 Å². The molecule has 2 heterocycles. The van der Waals surface area contributed by atoms with Gasteiger partial charge in [-0.25, -0.2) is 9.38 Å². The summed E-state index contributed by atoms with van der Waals surface area (Å²) in [5, 5.41) is 9.34. The monoisotopic (exact) mass is 495 g/mol. The third kappa shape index (κ3) is 5.33. The van der Waals surface area contributed by atoms with Crippen LogP contribution in [0.3, 0.4) is 0 Å². The summed E-state index contributed by atoms with van der Waals surface area (Å²) in [5.41, 5.74) is 8.60. The Morgan fingerprint density at radius 1 is 1.34 bits per heavy atom. The molecule has 1 aromatic heterocycles. The van der Waals surface area contributed by atoms with Crippen molar-refractivity contribution in [1.82, 2.24) is 15.6 Å². The lowest BCUT2D eigenvalue weighted by Crippen LogP contribution is -2.39. The molecule has 0 radical (unpaired) electrons. The number of carbonyl (C=O) groups excluding carboxylic acids is 1. The zero-order valence-electron chi connectivity index (χ0n) is 19.0. The molecule has 1 aliphatic rings. The first-order chi connectivity index (χ1) is 16.9. The highest BCUT2D eigenvalue weighted by Gasteiger charge is 2.31. The highest BCUT2D eigenvalue weighted by molar-refractivity contribution is 6.31. The van der Waals surface area contributed by atoms with Crippen LogP contribution >= 0.6 is 11.6 Å². The van der Waals surface area contributed by atoms with Crippen molar-refractivity contribution in [2.75, 3.05) is 18.9 Å². The molecular weight excluding hydrogens is 473 g/mol. The molecule has 0 saturated heterocycles. The largest absolute Gasteiger partial charge is 0.423 e. The van der Waals surface area contributed by atoms with E-state index in [1.807, 2.05) is 6.07 Å². The maximum Gasteiger partial charge on any atom is 0.302 e. The van der Waals surface area contributed by atoms with E-state index in [-0.39, 0.29) is 24.4 Å². The predicted molar refractivity (Wildman–Crippen MR) is 135 cm³/mol. The number of guanidine groups is 1. The van der Waals surface area contributed by atoms with Crippen LogP contribution in [0.25, 0.3) is 11.1 Å². The Morgan fingerprint density at radius 3 is 2.89 bits per heavy atom. The number of aromatic nitrogens is 1. The van der Waals surface area contributed by atoms with Crippen molar-refractivity contribution in [3.63, 3.8) is 0 Å². The summed E-state index contributed by atoms with van der Waals surface area (Å²) in [4.78, 5) is 26.1. The number of oxazole rings is 1. The number of rotatable bonds is 6. The average molecular weight is 496 g/mol. The average Bonchev–Trinajstić information content (AvgIpc) is 3.22. The van der Waals surface area contributed by atoms with E-state index < -0.39 is 11.9 Å². The van der Waals surface area contributed by atoms with Crippen LogP contribution in [0.1, 0.15) is 18.5 Å². The maximum atomic E-state index is 13.5. The molecular formula is C24H23ClFN7O2. The number of carbonyl (C=O) groups is 1. The summed E-state index contributed by atoms with van der Waals surface area (Å²) in [7, 11) is 1.62. The standard InChI is InChI=1S/C24H23ClFN7O2/c1-13-20(22(34)29-12-14(10-27)11-28-2)21(16-5-3-4-6-17(16)25)32-23(30-13)33-24-31-18-8-7-15(26)9-19(18)35-24/h3-11,21H,12,27H2,1-2H3,(H,29,34)(H2,30,31,32,33). The van der Waals surface area contributed by atoms with E-state index in [0.29, 0.717) is 38.5 Å². The van der Waals surface area contributed by atoms with E-state index in [0.717, 1.165) is 0 Å². The lowest BCUT2D eigenvalue weighted by Gasteiger charge is -2.27. The van der Waals surface area contributed by atoms with Gasteiger partial charge < -0.3 is 20.8 Å². The maximum absolute atomic E-state index is 13.5. The molecule has 0 saturated carbocycles. The number of nitrogens with two attached hydrogens (primary N) is 1. The van der Waals surface area contributed by atoms with Crippen molar-refractivity contribution in [3.8, 4) is 0 Å². The highest BCUT2D eigenvalue weighted by atomic mass is 35.5. The number of benzene rings is 2. The Balaban J connectivity index is 1.65. The van der Waals surface area contributed by atoms with Crippen LogP contribution in [0.15, 0.2) is 79.9 Å². The molecule has 1 aliphatic heterocycles. The van der Waals surface area contributed by atoms with Crippen molar-refractivity contribution in [3.05, 3.63) is 81.9 Å². The van der Waals surface area contributed by atoms with Crippen molar-refractivity contribution in [2.24, 2.45) is 15.7 Å². The number of allylic oxidation sites excluding steroid dienone is 1. The fraction of sp³-hybridized carbons (Fsp3) is 0.167. The van der Waals surface area contributed by atoms with Gasteiger partial charge in [0.25, 0.3) is 5.91 Å². The van der Waals surface area contributed by atoms with E-state index in [4.69, 9.17) is 21.8 Å². The van der Waals surface area contributed by atoms with Crippen molar-refractivity contribution in [2.45, 2.75) is 13.0 Å². The van der Waals surface area contributed by atoms with Gasteiger partial charge in [0.2, 0.25) is 5.96 Å². The zero-order valence-corrected chi connectivity index (χ0v) is 19.7. The van der Waals surface area contributed by atoms with E-state index >= 15 is 0 Å². The number of halogens is 2. The SMILES string of the molecule is CN=CC(=CN)CNC(=O)C1=C(C)NC(Nc2nc3ccc(F)cc3o2)=NC1c1ccccc1Cl. The molecule has 1 atom stereocenters. The third-order valence-electron chi connectivity index (χ3n) is 5.22. The second kappa shape index (κ2) is 10.4. The second-order valence-corrected chi connectivity index (χ2v) is 8.04. The molecule has 0 spiro atoms. The Hall–Kier alpha value is -4.18. The molecule has 5 N–H and O–H groups in total. The first-order valence-corrected chi connectivity index (χ1v) is 11.0. The number of anilines is 1. The quantitative estimate of drug-likeness (QED) is 0.386. The van der Waals surface area contributed by atoms with Crippen LogP contribution in [0.4, 0.5) is 10.4 Å². The minimum Gasteiger partial charge on any atom is -0.423 e. The van der Waals surface area contributed by atoms with Crippen molar-refractivity contribution >= 4 is 46.8 Å². The van der Waals surface area contributed by atoms with Gasteiger partial charge in [-0.3, -0.25) is 15.1 Å². The van der Waals surface area contributed by atoms with E-state index in [2.05, 4.69) is 30.9 Å². The number of hydrogen-bond donors (Lipinski definition) is 4. The van der Waals surface area contributed by atoms with Gasteiger partial charge in [0.05, 0.1) is 5.57 Å². The van der Waals surface area contributed by atoms with E-state index in [1.54, 1.807) is 38.4 Å². The number of amides is 1. The van der Waals surface area contributed by atoms with Gasteiger partial charge in [-0.05, 0) is 25.1 Å². The zero-order chi connectivity index (χ0) is 24.9. The summed E-state index contributed by atoms with van der Waals surface area (Å²) in [5.74, 6) is -0.486. The fourth-order valence-electron chi connectivity index (χ4n) is 3.60. The Kier molecular flexibility index (Phi) is 7.11. The molecule has 0 aliphatic carbocycles. The summed E-state index contributed by atoms with van der Waals surface area (Å²) >= 11 is 6.47.